The predicted octanol–water partition coefficient (Wildman–Crippen LogP) is 2.30. The van der Waals surface area contributed by atoms with Gasteiger partial charge >= 0.3 is 12.1 Å². The zero-order valence-corrected chi connectivity index (χ0v) is 14.2. The summed E-state index contributed by atoms with van der Waals surface area (Å²) in [5.74, 6) is -2.44. The number of carbonyl (C=O) groups excluding carboxylic acids is 1. The predicted molar refractivity (Wildman–Crippen MR) is 80.5 cm³/mol. The second-order valence-electron chi connectivity index (χ2n) is 5.50. The third-order valence-electron chi connectivity index (χ3n) is 3.60. The van der Waals surface area contributed by atoms with Gasteiger partial charge in [0, 0.05) is 17.1 Å². The van der Waals surface area contributed by atoms with E-state index in [9.17, 15) is 27.9 Å². The molecular weight excluding hydrogens is 349 g/mol. The van der Waals surface area contributed by atoms with Gasteiger partial charge in [-0.05, 0) is 20.3 Å². The van der Waals surface area contributed by atoms with E-state index >= 15 is 0 Å². The maximum absolute atomic E-state index is 13.4. The van der Waals surface area contributed by atoms with Crippen molar-refractivity contribution in [2.24, 2.45) is 0 Å². The first kappa shape index (κ1) is 20.4. The Morgan fingerprint density at radius 2 is 2.00 bits per heavy atom. The molecule has 2 atom stereocenters. The number of aliphatic hydroxyl groups is 1. The Bertz CT molecular complexity index is 605. The molecule has 1 aromatic heterocycles. The quantitative estimate of drug-likeness (QED) is 0.771. The number of aromatic nitrogens is 1. The lowest BCUT2D eigenvalue weighted by Gasteiger charge is -2.32. The Morgan fingerprint density at radius 1 is 1.42 bits per heavy atom. The fraction of sp³-hybridized carbons (Fsp3) is 0.643. The fourth-order valence-corrected chi connectivity index (χ4v) is 2.93. The van der Waals surface area contributed by atoms with Crippen LogP contribution in [0.1, 0.15) is 37.4 Å². The summed E-state index contributed by atoms with van der Waals surface area (Å²) >= 11 is 0.597. The van der Waals surface area contributed by atoms with Crippen molar-refractivity contribution in [2.75, 3.05) is 6.54 Å². The molecule has 10 heteroatoms. The minimum atomic E-state index is -5.13. The Balaban J connectivity index is 3.17. The minimum Gasteiger partial charge on any atom is -0.480 e. The van der Waals surface area contributed by atoms with E-state index in [1.165, 1.54) is 19.2 Å². The van der Waals surface area contributed by atoms with E-state index in [4.69, 9.17) is 5.11 Å². The maximum Gasteiger partial charge on any atom is 0.424 e. The number of thiazole rings is 1. The number of carboxylic acids is 1. The average Bonchev–Trinajstić information content (AvgIpc) is 2.89. The van der Waals surface area contributed by atoms with Crippen LogP contribution in [0, 0.1) is 6.92 Å². The number of nitrogens with zero attached hydrogens (tertiary/aromatic N) is 2. The van der Waals surface area contributed by atoms with E-state index in [0.29, 0.717) is 17.8 Å². The molecule has 0 saturated heterocycles. The Morgan fingerprint density at radius 3 is 2.38 bits per heavy atom. The van der Waals surface area contributed by atoms with Crippen LogP contribution >= 0.6 is 11.3 Å². The highest BCUT2D eigenvalue weighted by atomic mass is 32.1. The van der Waals surface area contributed by atoms with Crippen LogP contribution in [0.15, 0.2) is 5.38 Å². The molecule has 1 amide bonds. The molecule has 0 aliphatic carbocycles. The lowest BCUT2D eigenvalue weighted by molar-refractivity contribution is -0.268. The highest BCUT2D eigenvalue weighted by Crippen LogP contribution is 2.43. The SMILES string of the molecule is CCC(C)N(CC(=O)O)C(=O)CC(O)(c1nc(C)cs1)C(F)(F)F. The number of rotatable bonds is 7. The third-order valence-corrected chi connectivity index (χ3v) is 4.71. The van der Waals surface area contributed by atoms with E-state index in [0.717, 1.165) is 4.90 Å². The number of alkyl halides is 3. The van der Waals surface area contributed by atoms with Gasteiger partial charge in [-0.3, -0.25) is 9.59 Å². The average molecular weight is 368 g/mol. The summed E-state index contributed by atoms with van der Waals surface area (Å²) in [5.41, 5.74) is -3.16. The Labute approximate surface area is 140 Å². The molecule has 0 saturated carbocycles. The van der Waals surface area contributed by atoms with Crippen molar-refractivity contribution in [3.05, 3.63) is 16.1 Å². The largest absolute Gasteiger partial charge is 0.480 e. The fourth-order valence-electron chi connectivity index (χ4n) is 2.02. The molecule has 0 fully saturated rings. The molecule has 0 spiro atoms. The molecule has 136 valence electrons. The van der Waals surface area contributed by atoms with E-state index in [2.05, 4.69) is 4.98 Å². The van der Waals surface area contributed by atoms with E-state index < -0.39 is 47.7 Å². The molecule has 24 heavy (non-hydrogen) atoms. The zero-order valence-electron chi connectivity index (χ0n) is 13.4. The van der Waals surface area contributed by atoms with Gasteiger partial charge in [-0.1, -0.05) is 6.92 Å². The van der Waals surface area contributed by atoms with Gasteiger partial charge in [0.05, 0.1) is 6.42 Å². The molecule has 0 aliphatic rings. The number of hydrogen-bond donors (Lipinski definition) is 2. The Kier molecular flexibility index (Phi) is 6.34. The number of aryl methyl sites for hydroxylation is 1. The van der Waals surface area contributed by atoms with Crippen LogP contribution in [0.5, 0.6) is 0 Å². The zero-order chi connectivity index (χ0) is 18.7. The second kappa shape index (κ2) is 7.47. The van der Waals surface area contributed by atoms with E-state index in [-0.39, 0.29) is 5.69 Å². The van der Waals surface area contributed by atoms with Gasteiger partial charge in [0.2, 0.25) is 11.5 Å². The summed E-state index contributed by atoms with van der Waals surface area (Å²) in [5, 5.41) is 19.7. The number of carboxylic acid groups (broad SMARTS) is 1. The van der Waals surface area contributed by atoms with Gasteiger partial charge in [0.15, 0.2) is 0 Å². The molecule has 0 aromatic carbocycles. The normalized spacial score (nSPS) is 15.6. The van der Waals surface area contributed by atoms with Crippen molar-refractivity contribution in [1.29, 1.82) is 0 Å². The van der Waals surface area contributed by atoms with Gasteiger partial charge in [-0.15, -0.1) is 11.3 Å². The number of hydrogen-bond acceptors (Lipinski definition) is 5. The molecule has 1 heterocycles. The van der Waals surface area contributed by atoms with Crippen LogP contribution in [0.2, 0.25) is 0 Å². The van der Waals surface area contributed by atoms with Crippen molar-refractivity contribution >= 4 is 23.2 Å². The van der Waals surface area contributed by atoms with Gasteiger partial charge in [-0.2, -0.15) is 13.2 Å². The molecule has 2 unspecified atom stereocenters. The molecule has 6 nitrogen and oxygen atoms in total. The van der Waals surface area contributed by atoms with Gasteiger partial charge < -0.3 is 15.1 Å². The number of carbonyl (C=O) groups is 2. The van der Waals surface area contributed by atoms with Crippen LogP contribution < -0.4 is 0 Å². The summed E-state index contributed by atoms with van der Waals surface area (Å²) in [6, 6.07) is -0.580. The number of aliphatic carboxylic acids is 1. The van der Waals surface area contributed by atoms with Crippen LogP contribution in [0.4, 0.5) is 13.2 Å². The summed E-state index contributed by atoms with van der Waals surface area (Å²) in [6.45, 7) is 3.93. The number of amides is 1. The summed E-state index contributed by atoms with van der Waals surface area (Å²) < 4.78 is 40.2. The van der Waals surface area contributed by atoms with Crippen molar-refractivity contribution in [3.63, 3.8) is 0 Å². The monoisotopic (exact) mass is 368 g/mol. The van der Waals surface area contributed by atoms with Gasteiger partial charge in [0.1, 0.15) is 11.6 Å². The van der Waals surface area contributed by atoms with Crippen molar-refractivity contribution in [3.8, 4) is 0 Å². The van der Waals surface area contributed by atoms with Crippen LogP contribution in [-0.2, 0) is 15.2 Å². The minimum absolute atomic E-state index is 0.287. The molecule has 2 N–H and O–H groups in total. The first-order valence-electron chi connectivity index (χ1n) is 7.15. The van der Waals surface area contributed by atoms with Crippen molar-refractivity contribution in [2.45, 2.75) is 51.4 Å². The van der Waals surface area contributed by atoms with Gasteiger partial charge in [0.25, 0.3) is 0 Å². The highest BCUT2D eigenvalue weighted by molar-refractivity contribution is 7.09. The first-order chi connectivity index (χ1) is 10.9. The molecule has 0 radical (unpaired) electrons. The van der Waals surface area contributed by atoms with E-state index in [1.807, 2.05) is 0 Å². The first-order valence-corrected chi connectivity index (χ1v) is 8.03. The van der Waals surface area contributed by atoms with E-state index in [1.54, 1.807) is 6.92 Å². The highest BCUT2D eigenvalue weighted by Gasteiger charge is 2.58. The molecule has 1 aromatic rings. The smallest absolute Gasteiger partial charge is 0.424 e. The van der Waals surface area contributed by atoms with Crippen LogP contribution in [0.3, 0.4) is 0 Å². The van der Waals surface area contributed by atoms with Crippen molar-refractivity contribution < 1.29 is 33.0 Å². The summed E-state index contributed by atoms with van der Waals surface area (Å²) in [7, 11) is 0. The third kappa shape index (κ3) is 4.44. The summed E-state index contributed by atoms with van der Waals surface area (Å²) in [6.07, 6.45) is -6.09. The van der Waals surface area contributed by atoms with Crippen LogP contribution in [0.25, 0.3) is 0 Å². The van der Waals surface area contributed by atoms with Crippen molar-refractivity contribution in [1.82, 2.24) is 9.88 Å². The second-order valence-corrected chi connectivity index (χ2v) is 6.36. The molecule has 0 bridgehead atoms. The number of halogens is 3. The summed E-state index contributed by atoms with van der Waals surface area (Å²) in [4.78, 5) is 27.7. The standard InChI is InChI=1S/C14H19F3N2O4S/c1-4-9(3)19(6-11(21)22)10(20)5-13(23,14(15,16)17)12-18-8(2)7-24-12/h7,9,23H,4-6H2,1-3H3,(H,21,22). The molecule has 0 aliphatic heterocycles. The topological polar surface area (TPSA) is 90.7 Å². The lowest BCUT2D eigenvalue weighted by Crippen LogP contribution is -2.49. The maximum atomic E-state index is 13.4. The van der Waals surface area contributed by atoms with Gasteiger partial charge in [-0.25, -0.2) is 4.98 Å². The van der Waals surface area contributed by atoms with Crippen LogP contribution in [-0.4, -0.2) is 50.7 Å². The lowest BCUT2D eigenvalue weighted by atomic mass is 9.98. The molecular formula is C14H19F3N2O4S. The Hall–Kier alpha value is -1.68. The molecule has 1 rings (SSSR count).